The van der Waals surface area contributed by atoms with Crippen LogP contribution in [0.15, 0.2) is 18.2 Å². The summed E-state index contributed by atoms with van der Waals surface area (Å²) >= 11 is 0. The van der Waals surface area contributed by atoms with E-state index in [1.54, 1.807) is 18.2 Å². The Labute approximate surface area is 76.5 Å². The van der Waals surface area contributed by atoms with Gasteiger partial charge in [0, 0.05) is 16.9 Å². The SMILES string of the molecule is COC(=O)Cc1c(N)cccc1N. The predicted octanol–water partition coefficient (Wildman–Crippen LogP) is 0.567. The zero-order chi connectivity index (χ0) is 9.84. The summed E-state index contributed by atoms with van der Waals surface area (Å²) in [5.41, 5.74) is 12.9. The van der Waals surface area contributed by atoms with Crippen LogP contribution in [0.4, 0.5) is 11.4 Å². The van der Waals surface area contributed by atoms with E-state index in [1.165, 1.54) is 7.11 Å². The van der Waals surface area contributed by atoms with Crippen molar-refractivity contribution in [3.8, 4) is 0 Å². The quantitative estimate of drug-likeness (QED) is 0.515. The summed E-state index contributed by atoms with van der Waals surface area (Å²) in [5, 5.41) is 0. The van der Waals surface area contributed by atoms with E-state index in [4.69, 9.17) is 11.5 Å². The normalized spacial score (nSPS) is 9.62. The van der Waals surface area contributed by atoms with E-state index in [0.29, 0.717) is 16.9 Å². The average Bonchev–Trinajstić information content (AvgIpc) is 2.11. The minimum absolute atomic E-state index is 0.120. The van der Waals surface area contributed by atoms with Crippen molar-refractivity contribution < 1.29 is 9.53 Å². The molecule has 0 aliphatic rings. The van der Waals surface area contributed by atoms with Crippen molar-refractivity contribution in [2.75, 3.05) is 18.6 Å². The van der Waals surface area contributed by atoms with Crippen LogP contribution in [0.1, 0.15) is 5.56 Å². The molecule has 1 rings (SSSR count). The number of rotatable bonds is 2. The van der Waals surface area contributed by atoms with Crippen LogP contribution in [-0.2, 0) is 16.0 Å². The summed E-state index contributed by atoms with van der Waals surface area (Å²) in [4.78, 5) is 11.0. The second kappa shape index (κ2) is 3.80. The molecule has 4 heteroatoms. The van der Waals surface area contributed by atoms with E-state index in [9.17, 15) is 4.79 Å². The van der Waals surface area contributed by atoms with Crippen LogP contribution in [-0.4, -0.2) is 13.1 Å². The van der Waals surface area contributed by atoms with Gasteiger partial charge in [0.15, 0.2) is 0 Å². The average molecular weight is 180 g/mol. The van der Waals surface area contributed by atoms with E-state index in [0.717, 1.165) is 0 Å². The van der Waals surface area contributed by atoms with Crippen LogP contribution >= 0.6 is 0 Å². The van der Waals surface area contributed by atoms with Gasteiger partial charge in [0.2, 0.25) is 0 Å². The number of carbonyl (C=O) groups is 1. The van der Waals surface area contributed by atoms with E-state index in [-0.39, 0.29) is 12.4 Å². The third-order valence-electron chi connectivity index (χ3n) is 1.80. The maximum Gasteiger partial charge on any atom is 0.310 e. The first-order valence-corrected chi connectivity index (χ1v) is 3.84. The summed E-state index contributed by atoms with van der Waals surface area (Å²) in [6.07, 6.45) is 0.120. The van der Waals surface area contributed by atoms with Gasteiger partial charge in [-0.15, -0.1) is 0 Å². The number of ether oxygens (including phenoxy) is 1. The van der Waals surface area contributed by atoms with Crippen molar-refractivity contribution in [1.29, 1.82) is 0 Å². The predicted molar refractivity (Wildman–Crippen MR) is 51.0 cm³/mol. The van der Waals surface area contributed by atoms with Gasteiger partial charge in [0.25, 0.3) is 0 Å². The van der Waals surface area contributed by atoms with Gasteiger partial charge >= 0.3 is 5.97 Å². The van der Waals surface area contributed by atoms with Crippen LogP contribution in [0.3, 0.4) is 0 Å². The molecule has 13 heavy (non-hydrogen) atoms. The molecule has 0 fully saturated rings. The monoisotopic (exact) mass is 180 g/mol. The lowest BCUT2D eigenvalue weighted by Crippen LogP contribution is -2.09. The third kappa shape index (κ3) is 2.11. The zero-order valence-electron chi connectivity index (χ0n) is 7.41. The molecule has 0 saturated heterocycles. The Bertz CT molecular complexity index is 303. The number of methoxy groups -OCH3 is 1. The fourth-order valence-corrected chi connectivity index (χ4v) is 1.04. The molecule has 0 amide bonds. The highest BCUT2D eigenvalue weighted by Gasteiger charge is 2.08. The van der Waals surface area contributed by atoms with Gasteiger partial charge in [-0.05, 0) is 12.1 Å². The summed E-state index contributed by atoms with van der Waals surface area (Å²) in [7, 11) is 1.33. The second-order valence-corrected chi connectivity index (χ2v) is 2.67. The van der Waals surface area contributed by atoms with Crippen molar-refractivity contribution in [1.82, 2.24) is 0 Å². The number of hydrogen-bond donors (Lipinski definition) is 2. The second-order valence-electron chi connectivity index (χ2n) is 2.67. The Kier molecular flexibility index (Phi) is 2.74. The number of esters is 1. The Balaban J connectivity index is 2.93. The molecule has 0 atom stereocenters. The molecule has 0 saturated carbocycles. The van der Waals surface area contributed by atoms with E-state index in [2.05, 4.69) is 4.74 Å². The standard InChI is InChI=1S/C9H12N2O2/c1-13-9(12)5-6-7(10)3-2-4-8(6)11/h2-4H,5,10-11H2,1H3. The fourth-order valence-electron chi connectivity index (χ4n) is 1.04. The molecule has 1 aromatic carbocycles. The molecule has 70 valence electrons. The van der Waals surface area contributed by atoms with Gasteiger partial charge in [-0.25, -0.2) is 0 Å². The number of anilines is 2. The van der Waals surface area contributed by atoms with Gasteiger partial charge < -0.3 is 16.2 Å². The molecule has 0 bridgehead atoms. The molecule has 0 aliphatic heterocycles. The summed E-state index contributed by atoms with van der Waals surface area (Å²) in [5.74, 6) is -0.343. The van der Waals surface area contributed by atoms with Crippen molar-refractivity contribution >= 4 is 17.3 Å². The Morgan fingerprint density at radius 1 is 1.38 bits per heavy atom. The topological polar surface area (TPSA) is 78.3 Å². The number of nitrogen functional groups attached to an aromatic ring is 2. The Hall–Kier alpha value is -1.71. The third-order valence-corrected chi connectivity index (χ3v) is 1.80. The van der Waals surface area contributed by atoms with Crippen LogP contribution in [0.25, 0.3) is 0 Å². The minimum atomic E-state index is -0.343. The van der Waals surface area contributed by atoms with Gasteiger partial charge in [-0.2, -0.15) is 0 Å². The van der Waals surface area contributed by atoms with Gasteiger partial charge in [-0.1, -0.05) is 6.07 Å². The maximum absolute atomic E-state index is 11.0. The largest absolute Gasteiger partial charge is 0.469 e. The lowest BCUT2D eigenvalue weighted by atomic mass is 10.1. The smallest absolute Gasteiger partial charge is 0.310 e. The molecule has 1 aromatic rings. The van der Waals surface area contributed by atoms with E-state index >= 15 is 0 Å². The van der Waals surface area contributed by atoms with Crippen LogP contribution in [0, 0.1) is 0 Å². The molecule has 4 nitrogen and oxygen atoms in total. The fraction of sp³-hybridized carbons (Fsp3) is 0.222. The van der Waals surface area contributed by atoms with Crippen LogP contribution in [0.5, 0.6) is 0 Å². The first-order chi connectivity index (χ1) is 6.15. The zero-order valence-corrected chi connectivity index (χ0v) is 7.41. The molecular weight excluding hydrogens is 168 g/mol. The highest BCUT2D eigenvalue weighted by molar-refractivity contribution is 5.78. The van der Waals surface area contributed by atoms with Crippen LogP contribution < -0.4 is 11.5 Å². The number of carbonyl (C=O) groups excluding carboxylic acids is 1. The minimum Gasteiger partial charge on any atom is -0.469 e. The number of hydrogen-bond acceptors (Lipinski definition) is 4. The molecule has 0 radical (unpaired) electrons. The van der Waals surface area contributed by atoms with E-state index in [1.807, 2.05) is 0 Å². The van der Waals surface area contributed by atoms with Crippen LogP contribution in [0.2, 0.25) is 0 Å². The lowest BCUT2D eigenvalue weighted by Gasteiger charge is -2.06. The highest BCUT2D eigenvalue weighted by Crippen LogP contribution is 2.19. The Morgan fingerprint density at radius 3 is 2.38 bits per heavy atom. The number of nitrogens with two attached hydrogens (primary N) is 2. The molecule has 0 spiro atoms. The van der Waals surface area contributed by atoms with Gasteiger partial charge in [0.05, 0.1) is 13.5 Å². The molecular formula is C9H12N2O2. The summed E-state index contributed by atoms with van der Waals surface area (Å²) in [6, 6.07) is 5.15. The maximum atomic E-state index is 11.0. The summed E-state index contributed by atoms with van der Waals surface area (Å²) < 4.78 is 4.51. The van der Waals surface area contributed by atoms with E-state index < -0.39 is 0 Å². The van der Waals surface area contributed by atoms with Crippen molar-refractivity contribution in [3.63, 3.8) is 0 Å². The molecule has 0 aliphatic carbocycles. The summed E-state index contributed by atoms with van der Waals surface area (Å²) in [6.45, 7) is 0. The Morgan fingerprint density at radius 2 is 1.92 bits per heavy atom. The first-order valence-electron chi connectivity index (χ1n) is 3.84. The molecule has 0 heterocycles. The molecule has 0 unspecified atom stereocenters. The van der Waals surface area contributed by atoms with Gasteiger partial charge in [0.1, 0.15) is 0 Å². The van der Waals surface area contributed by atoms with Crippen molar-refractivity contribution in [2.24, 2.45) is 0 Å². The first kappa shape index (κ1) is 9.38. The number of benzene rings is 1. The molecule has 4 N–H and O–H groups in total. The lowest BCUT2D eigenvalue weighted by molar-refractivity contribution is -0.139. The van der Waals surface area contributed by atoms with Crippen molar-refractivity contribution in [3.05, 3.63) is 23.8 Å². The molecule has 0 aromatic heterocycles. The van der Waals surface area contributed by atoms with Crippen molar-refractivity contribution in [2.45, 2.75) is 6.42 Å². The van der Waals surface area contributed by atoms with Gasteiger partial charge in [-0.3, -0.25) is 4.79 Å². The highest BCUT2D eigenvalue weighted by atomic mass is 16.5.